The molecule has 0 heterocycles. The zero-order valence-electron chi connectivity index (χ0n) is 20.4. The average molecular weight is 427 g/mol. The van der Waals surface area contributed by atoms with E-state index in [0.717, 1.165) is 12.8 Å². The van der Waals surface area contributed by atoms with Crippen LogP contribution in [0.25, 0.3) is 0 Å². The zero-order chi connectivity index (χ0) is 22.8. The largest absolute Gasteiger partial charge is 0.381 e. The molecule has 0 saturated heterocycles. The standard InChI is InChI=1S/C24H30O.C2H6S.C2H6/c1-5-21-13-7-8-15-23(21)24(22(6-2)14-10-16-25-4)18-20-12-9-11-19(3)17-20;1-3-2;1-2/h6-15,17,24H,5,16,18H2,1-4H3;1-2H3;1-2H3/b14-10-,22-6+;;. The van der Waals surface area contributed by atoms with E-state index in [4.69, 9.17) is 4.74 Å². The predicted octanol–water partition coefficient (Wildman–Crippen LogP) is 8.04. The summed E-state index contributed by atoms with van der Waals surface area (Å²) in [5.41, 5.74) is 6.91. The van der Waals surface area contributed by atoms with Gasteiger partial charge in [-0.3, -0.25) is 0 Å². The summed E-state index contributed by atoms with van der Waals surface area (Å²) in [6.07, 6.45) is 12.7. The summed E-state index contributed by atoms with van der Waals surface area (Å²) in [5.74, 6) is 0.357. The summed E-state index contributed by atoms with van der Waals surface area (Å²) in [4.78, 5) is 0. The quantitative estimate of drug-likeness (QED) is 0.395. The van der Waals surface area contributed by atoms with Gasteiger partial charge in [0.15, 0.2) is 0 Å². The molecule has 0 fully saturated rings. The van der Waals surface area contributed by atoms with Crippen LogP contribution in [0.1, 0.15) is 55.9 Å². The Morgan fingerprint density at radius 2 is 1.73 bits per heavy atom. The maximum atomic E-state index is 5.19. The monoisotopic (exact) mass is 426 g/mol. The Hall–Kier alpha value is -1.77. The first kappa shape index (κ1) is 28.2. The maximum absolute atomic E-state index is 5.19. The highest BCUT2D eigenvalue weighted by Crippen LogP contribution is 2.32. The van der Waals surface area contributed by atoms with Crippen molar-refractivity contribution < 1.29 is 4.74 Å². The van der Waals surface area contributed by atoms with E-state index in [1.54, 1.807) is 18.9 Å². The Labute approximate surface area is 190 Å². The fraction of sp³-hybridized carbons (Fsp3) is 0.429. The Kier molecular flexibility index (Phi) is 17.0. The van der Waals surface area contributed by atoms with Crippen molar-refractivity contribution in [1.82, 2.24) is 0 Å². The first-order chi connectivity index (χ1) is 14.6. The molecule has 1 unspecified atom stereocenters. The minimum absolute atomic E-state index is 0.357. The van der Waals surface area contributed by atoms with E-state index >= 15 is 0 Å². The topological polar surface area (TPSA) is 9.23 Å². The predicted molar refractivity (Wildman–Crippen MR) is 139 cm³/mol. The van der Waals surface area contributed by atoms with Gasteiger partial charge in [0, 0.05) is 13.0 Å². The normalized spacial score (nSPS) is 11.9. The zero-order valence-corrected chi connectivity index (χ0v) is 21.2. The molecule has 0 spiro atoms. The van der Waals surface area contributed by atoms with Gasteiger partial charge in [0.2, 0.25) is 0 Å². The number of thioether (sulfide) groups is 1. The van der Waals surface area contributed by atoms with Crippen molar-refractivity contribution >= 4 is 11.8 Å². The molecule has 0 radical (unpaired) electrons. The minimum Gasteiger partial charge on any atom is -0.381 e. The Morgan fingerprint density at radius 3 is 2.30 bits per heavy atom. The molecule has 30 heavy (non-hydrogen) atoms. The molecule has 0 amide bonds. The van der Waals surface area contributed by atoms with Crippen LogP contribution in [0.4, 0.5) is 0 Å². The number of benzene rings is 2. The van der Waals surface area contributed by atoms with Crippen molar-refractivity contribution in [2.75, 3.05) is 26.2 Å². The van der Waals surface area contributed by atoms with Gasteiger partial charge in [-0.1, -0.05) is 93.1 Å². The molecule has 1 atom stereocenters. The van der Waals surface area contributed by atoms with E-state index in [-0.39, 0.29) is 0 Å². The third-order valence-corrected chi connectivity index (χ3v) is 4.64. The molecule has 0 aromatic heterocycles. The van der Waals surface area contributed by atoms with Gasteiger partial charge < -0.3 is 4.74 Å². The first-order valence-corrected chi connectivity index (χ1v) is 12.6. The molecule has 0 saturated carbocycles. The van der Waals surface area contributed by atoms with E-state index in [9.17, 15) is 0 Å². The molecule has 2 aromatic carbocycles. The second kappa shape index (κ2) is 18.0. The molecule has 2 aromatic rings. The number of methoxy groups -OCH3 is 1. The van der Waals surface area contributed by atoms with Crippen LogP contribution in [-0.2, 0) is 17.6 Å². The average Bonchev–Trinajstić information content (AvgIpc) is 2.77. The molecular formula is C28H42OS. The minimum atomic E-state index is 0.357. The Bertz CT molecular complexity index is 746. The number of hydrogen-bond acceptors (Lipinski definition) is 2. The van der Waals surface area contributed by atoms with Crippen LogP contribution in [0.15, 0.2) is 72.3 Å². The summed E-state index contributed by atoms with van der Waals surface area (Å²) in [7, 11) is 1.73. The lowest BCUT2D eigenvalue weighted by Gasteiger charge is -2.22. The fourth-order valence-electron chi connectivity index (χ4n) is 3.37. The summed E-state index contributed by atoms with van der Waals surface area (Å²) in [6, 6.07) is 17.7. The van der Waals surface area contributed by atoms with Crippen molar-refractivity contribution in [3.63, 3.8) is 0 Å². The third-order valence-electron chi connectivity index (χ3n) is 4.64. The van der Waals surface area contributed by atoms with Crippen molar-refractivity contribution in [3.8, 4) is 0 Å². The summed E-state index contributed by atoms with van der Waals surface area (Å²) in [6.45, 7) is 11.2. The van der Waals surface area contributed by atoms with Gasteiger partial charge in [0.25, 0.3) is 0 Å². The van der Waals surface area contributed by atoms with Crippen molar-refractivity contribution in [3.05, 3.63) is 94.6 Å². The van der Waals surface area contributed by atoms with Gasteiger partial charge >= 0.3 is 0 Å². The molecule has 0 aliphatic carbocycles. The van der Waals surface area contributed by atoms with Gasteiger partial charge in [-0.15, -0.1) is 0 Å². The maximum Gasteiger partial charge on any atom is 0.0646 e. The van der Waals surface area contributed by atoms with Crippen LogP contribution in [0.5, 0.6) is 0 Å². The molecular weight excluding hydrogens is 384 g/mol. The van der Waals surface area contributed by atoms with Gasteiger partial charge in [-0.2, -0.15) is 11.8 Å². The molecule has 2 rings (SSSR count). The van der Waals surface area contributed by atoms with E-state index in [0.29, 0.717) is 12.5 Å². The number of ether oxygens (including phenoxy) is 1. The SMILES string of the molecule is C/C=C(\C=C/COC)C(Cc1cccc(C)c1)c1ccccc1CC.CC.CSC. The molecule has 0 N–H and O–H groups in total. The number of aryl methyl sites for hydroxylation is 2. The summed E-state index contributed by atoms with van der Waals surface area (Å²) >= 11 is 1.75. The Balaban J connectivity index is 0.00000154. The third kappa shape index (κ3) is 10.3. The lowest BCUT2D eigenvalue weighted by atomic mass is 9.82. The molecule has 0 aliphatic heterocycles. The summed E-state index contributed by atoms with van der Waals surface area (Å²) < 4.78 is 5.19. The lowest BCUT2D eigenvalue weighted by molar-refractivity contribution is 0.234. The van der Waals surface area contributed by atoms with E-state index in [2.05, 4.69) is 87.5 Å². The molecule has 2 heteroatoms. The van der Waals surface area contributed by atoms with E-state index in [1.165, 1.54) is 27.8 Å². The molecule has 0 aliphatic rings. The molecule has 1 nitrogen and oxygen atoms in total. The van der Waals surface area contributed by atoms with Crippen molar-refractivity contribution in [2.45, 2.75) is 53.4 Å². The van der Waals surface area contributed by atoms with Gasteiger partial charge in [0.05, 0.1) is 6.61 Å². The van der Waals surface area contributed by atoms with Crippen LogP contribution >= 0.6 is 11.8 Å². The van der Waals surface area contributed by atoms with Crippen LogP contribution in [-0.4, -0.2) is 26.2 Å². The number of allylic oxidation sites excluding steroid dienone is 3. The highest BCUT2D eigenvalue weighted by molar-refractivity contribution is 7.97. The van der Waals surface area contributed by atoms with Gasteiger partial charge in [0.1, 0.15) is 0 Å². The highest BCUT2D eigenvalue weighted by atomic mass is 32.2. The van der Waals surface area contributed by atoms with Crippen molar-refractivity contribution in [2.24, 2.45) is 0 Å². The van der Waals surface area contributed by atoms with Crippen LogP contribution < -0.4 is 0 Å². The second-order valence-corrected chi connectivity index (χ2v) is 7.67. The second-order valence-electron chi connectivity index (χ2n) is 6.85. The molecule has 0 bridgehead atoms. The fourth-order valence-corrected chi connectivity index (χ4v) is 3.37. The van der Waals surface area contributed by atoms with Crippen molar-refractivity contribution in [1.29, 1.82) is 0 Å². The van der Waals surface area contributed by atoms with E-state index in [1.807, 2.05) is 26.4 Å². The lowest BCUT2D eigenvalue weighted by Crippen LogP contribution is -2.08. The Morgan fingerprint density at radius 1 is 1.07 bits per heavy atom. The van der Waals surface area contributed by atoms with Crippen LogP contribution in [0, 0.1) is 6.92 Å². The first-order valence-electron chi connectivity index (χ1n) is 11.0. The highest BCUT2D eigenvalue weighted by Gasteiger charge is 2.18. The number of hydrogen-bond donors (Lipinski definition) is 0. The summed E-state index contributed by atoms with van der Waals surface area (Å²) in [5, 5.41) is 0. The number of rotatable bonds is 8. The van der Waals surface area contributed by atoms with E-state index < -0.39 is 0 Å². The van der Waals surface area contributed by atoms with Gasteiger partial charge in [-0.25, -0.2) is 0 Å². The van der Waals surface area contributed by atoms with Crippen LogP contribution in [0.3, 0.4) is 0 Å². The van der Waals surface area contributed by atoms with Crippen LogP contribution in [0.2, 0.25) is 0 Å². The smallest absolute Gasteiger partial charge is 0.0646 e. The van der Waals surface area contributed by atoms with Gasteiger partial charge in [-0.05, 0) is 61.5 Å². The molecule has 166 valence electrons.